The number of hydrogen-bond donors (Lipinski definition) is 1. The SMILES string of the molecule is Cn1ncc(-c2ccc(CNc3cc(-c4cnc5cc(OCCN6CC7(COC7)C6)ccn45)ncn3)cc2)n1. The fourth-order valence-corrected chi connectivity index (χ4v) is 5.23. The zero-order chi connectivity index (χ0) is 26.2. The predicted octanol–water partition coefficient (Wildman–Crippen LogP) is 2.91. The van der Waals surface area contributed by atoms with E-state index in [1.54, 1.807) is 17.3 Å². The minimum Gasteiger partial charge on any atom is -0.492 e. The molecule has 0 bridgehead atoms. The molecule has 4 aromatic heterocycles. The smallest absolute Gasteiger partial charge is 0.140 e. The first kappa shape index (κ1) is 23.7. The quantitative estimate of drug-likeness (QED) is 0.312. The second-order valence-corrected chi connectivity index (χ2v) is 10.3. The van der Waals surface area contributed by atoms with Gasteiger partial charge < -0.3 is 14.8 Å². The first-order chi connectivity index (χ1) is 19.1. The number of anilines is 1. The number of aromatic nitrogens is 7. The molecule has 1 aromatic carbocycles. The summed E-state index contributed by atoms with van der Waals surface area (Å²) in [6.45, 7) is 6.27. The summed E-state index contributed by atoms with van der Waals surface area (Å²) in [6, 6.07) is 14.1. The van der Waals surface area contributed by atoms with Gasteiger partial charge in [-0.2, -0.15) is 15.0 Å². The molecular weight excluding hydrogens is 494 g/mol. The molecule has 5 aromatic rings. The third-order valence-electron chi connectivity index (χ3n) is 7.35. The lowest BCUT2D eigenvalue weighted by Crippen LogP contribution is -2.66. The lowest BCUT2D eigenvalue weighted by Gasteiger charge is -2.55. The van der Waals surface area contributed by atoms with Gasteiger partial charge in [0.1, 0.15) is 35.8 Å². The lowest BCUT2D eigenvalue weighted by atomic mass is 9.78. The van der Waals surface area contributed by atoms with Gasteiger partial charge in [-0.25, -0.2) is 15.0 Å². The van der Waals surface area contributed by atoms with Crippen LogP contribution in [0.25, 0.3) is 28.3 Å². The first-order valence-corrected chi connectivity index (χ1v) is 13.0. The van der Waals surface area contributed by atoms with Gasteiger partial charge in [-0.05, 0) is 11.6 Å². The van der Waals surface area contributed by atoms with Gasteiger partial charge in [-0.3, -0.25) is 9.30 Å². The number of imidazole rings is 1. The van der Waals surface area contributed by atoms with Gasteiger partial charge in [0, 0.05) is 62.5 Å². The molecule has 198 valence electrons. The van der Waals surface area contributed by atoms with Crippen LogP contribution in [0.2, 0.25) is 0 Å². The summed E-state index contributed by atoms with van der Waals surface area (Å²) >= 11 is 0. The van der Waals surface area contributed by atoms with Gasteiger partial charge in [0.05, 0.1) is 37.0 Å². The number of pyridine rings is 1. The second kappa shape index (κ2) is 9.75. The number of aryl methyl sites for hydroxylation is 1. The Morgan fingerprint density at radius 2 is 1.87 bits per heavy atom. The van der Waals surface area contributed by atoms with Gasteiger partial charge in [-0.1, -0.05) is 24.3 Å². The summed E-state index contributed by atoms with van der Waals surface area (Å²) in [4.78, 5) is 17.5. The largest absolute Gasteiger partial charge is 0.492 e. The highest BCUT2D eigenvalue weighted by Gasteiger charge is 2.48. The maximum Gasteiger partial charge on any atom is 0.140 e. The maximum atomic E-state index is 6.01. The number of nitrogens with zero attached hydrogens (tertiary/aromatic N) is 8. The average Bonchev–Trinajstić information content (AvgIpc) is 3.54. The van der Waals surface area contributed by atoms with Crippen LogP contribution in [0, 0.1) is 5.41 Å². The summed E-state index contributed by atoms with van der Waals surface area (Å²) in [6.07, 6.45) is 7.14. The molecule has 1 spiro atoms. The van der Waals surface area contributed by atoms with Crippen LogP contribution in [0.1, 0.15) is 5.56 Å². The fraction of sp³-hybridized carbons (Fsp3) is 0.321. The first-order valence-electron chi connectivity index (χ1n) is 13.0. The Labute approximate surface area is 225 Å². The molecule has 0 saturated carbocycles. The monoisotopic (exact) mass is 523 g/mol. The van der Waals surface area contributed by atoms with E-state index in [9.17, 15) is 0 Å². The minimum atomic E-state index is 0.436. The molecular formula is C28H29N9O2. The standard InChI is InChI=1S/C28H29N9O2/c1-35-33-13-24(34-35)21-4-2-20(3-5-21)12-29-26-11-23(31-19-32-26)25-14-30-27-10-22(6-7-37(25)27)39-9-8-36-15-28(16-36)17-38-18-28/h2-7,10-11,13-14,19H,8-9,12,15-18H2,1H3,(H,29,31,32). The van der Waals surface area contributed by atoms with Crippen molar-refractivity contribution in [3.63, 3.8) is 0 Å². The summed E-state index contributed by atoms with van der Waals surface area (Å²) in [5.74, 6) is 1.56. The zero-order valence-corrected chi connectivity index (χ0v) is 21.7. The van der Waals surface area contributed by atoms with E-state index in [4.69, 9.17) is 9.47 Å². The molecule has 11 heteroatoms. The lowest BCUT2D eigenvalue weighted by molar-refractivity contribution is -0.189. The molecule has 2 aliphatic rings. The highest BCUT2D eigenvalue weighted by molar-refractivity contribution is 5.63. The molecule has 0 radical (unpaired) electrons. The van der Waals surface area contributed by atoms with Crippen LogP contribution in [-0.2, 0) is 18.3 Å². The molecule has 2 aliphatic heterocycles. The van der Waals surface area contributed by atoms with E-state index < -0.39 is 0 Å². The molecule has 0 aliphatic carbocycles. The number of hydrogen-bond acceptors (Lipinski definition) is 9. The maximum absolute atomic E-state index is 6.01. The Balaban J connectivity index is 0.972. The molecule has 0 atom stereocenters. The van der Waals surface area contributed by atoms with E-state index in [2.05, 4.69) is 47.5 Å². The number of rotatable bonds is 9. The van der Waals surface area contributed by atoms with E-state index in [1.165, 1.54) is 0 Å². The fourth-order valence-electron chi connectivity index (χ4n) is 5.23. The van der Waals surface area contributed by atoms with Crippen LogP contribution >= 0.6 is 0 Å². The van der Waals surface area contributed by atoms with Crippen LogP contribution in [-0.4, -0.2) is 78.7 Å². The topological polar surface area (TPSA) is 108 Å². The van der Waals surface area contributed by atoms with Gasteiger partial charge in [0.15, 0.2) is 0 Å². The van der Waals surface area contributed by atoms with Crippen molar-refractivity contribution < 1.29 is 9.47 Å². The van der Waals surface area contributed by atoms with Crippen LogP contribution in [0.3, 0.4) is 0 Å². The van der Waals surface area contributed by atoms with E-state index >= 15 is 0 Å². The van der Waals surface area contributed by atoms with E-state index in [0.29, 0.717) is 18.6 Å². The summed E-state index contributed by atoms with van der Waals surface area (Å²) in [5.41, 5.74) is 5.96. The normalized spacial score (nSPS) is 16.2. The van der Waals surface area contributed by atoms with Gasteiger partial charge in [0.2, 0.25) is 0 Å². The van der Waals surface area contributed by atoms with Crippen molar-refractivity contribution in [1.29, 1.82) is 0 Å². The summed E-state index contributed by atoms with van der Waals surface area (Å²) in [5, 5.41) is 11.9. The van der Waals surface area contributed by atoms with Crippen molar-refractivity contribution >= 4 is 11.5 Å². The molecule has 0 amide bonds. The van der Waals surface area contributed by atoms with E-state index in [1.807, 2.05) is 54.2 Å². The summed E-state index contributed by atoms with van der Waals surface area (Å²) in [7, 11) is 1.81. The molecule has 7 rings (SSSR count). The average molecular weight is 524 g/mol. The Morgan fingerprint density at radius 3 is 2.64 bits per heavy atom. The van der Waals surface area contributed by atoms with Crippen molar-refractivity contribution in [3.05, 3.63) is 72.9 Å². The van der Waals surface area contributed by atoms with E-state index in [-0.39, 0.29) is 0 Å². The van der Waals surface area contributed by atoms with Crippen LogP contribution in [0.5, 0.6) is 5.75 Å². The minimum absolute atomic E-state index is 0.436. The molecule has 2 fully saturated rings. The Bertz CT molecular complexity index is 1600. The Hall–Kier alpha value is -4.35. The highest BCUT2D eigenvalue weighted by Crippen LogP contribution is 2.37. The predicted molar refractivity (Wildman–Crippen MR) is 145 cm³/mol. The summed E-state index contributed by atoms with van der Waals surface area (Å²) < 4.78 is 13.4. The molecule has 0 unspecified atom stereocenters. The number of fused-ring (bicyclic) bond motifs is 1. The highest BCUT2D eigenvalue weighted by atomic mass is 16.5. The molecule has 11 nitrogen and oxygen atoms in total. The van der Waals surface area contributed by atoms with Crippen molar-refractivity contribution in [1.82, 2.24) is 39.2 Å². The van der Waals surface area contributed by atoms with Gasteiger partial charge >= 0.3 is 0 Å². The second-order valence-electron chi connectivity index (χ2n) is 10.3. The number of ether oxygens (including phenoxy) is 2. The van der Waals surface area contributed by atoms with Crippen LogP contribution in [0.15, 0.2) is 67.4 Å². The third kappa shape index (κ3) is 4.82. The molecule has 1 N–H and O–H groups in total. The molecule has 6 heterocycles. The van der Waals surface area contributed by atoms with Crippen LogP contribution in [0.4, 0.5) is 5.82 Å². The molecule has 39 heavy (non-hydrogen) atoms. The van der Waals surface area contributed by atoms with Crippen LogP contribution < -0.4 is 10.1 Å². The van der Waals surface area contributed by atoms with Crippen molar-refractivity contribution in [2.75, 3.05) is 44.8 Å². The molecule has 2 saturated heterocycles. The number of likely N-dealkylation sites (tertiary alicyclic amines) is 1. The van der Waals surface area contributed by atoms with Gasteiger partial charge in [0.25, 0.3) is 0 Å². The van der Waals surface area contributed by atoms with Crippen molar-refractivity contribution in [2.24, 2.45) is 12.5 Å². The number of benzene rings is 1. The van der Waals surface area contributed by atoms with Gasteiger partial charge in [-0.15, -0.1) is 0 Å². The third-order valence-corrected chi connectivity index (χ3v) is 7.35. The van der Waals surface area contributed by atoms with Crippen molar-refractivity contribution in [2.45, 2.75) is 6.54 Å². The Kier molecular flexibility index (Phi) is 5.94. The number of nitrogens with one attached hydrogen (secondary N) is 1. The van der Waals surface area contributed by atoms with Crippen molar-refractivity contribution in [3.8, 4) is 28.4 Å². The Morgan fingerprint density at radius 1 is 1.00 bits per heavy atom. The zero-order valence-electron chi connectivity index (χ0n) is 21.7. The van der Waals surface area contributed by atoms with E-state index in [0.717, 1.165) is 78.3 Å².